The third-order valence-corrected chi connectivity index (χ3v) is 4.81. The molecule has 1 N–H and O–H groups in total. The van der Waals surface area contributed by atoms with Crippen molar-refractivity contribution < 1.29 is 14.3 Å². The van der Waals surface area contributed by atoms with Crippen LogP contribution in [0.25, 0.3) is 0 Å². The number of hydrogen-bond donors (Lipinski definition) is 1. The Hall–Kier alpha value is -2.04. The summed E-state index contributed by atoms with van der Waals surface area (Å²) in [6, 6.07) is 7.51. The van der Waals surface area contributed by atoms with Gasteiger partial charge < -0.3 is 15.0 Å². The predicted molar refractivity (Wildman–Crippen MR) is 88.5 cm³/mol. The van der Waals surface area contributed by atoms with Crippen LogP contribution in [0.2, 0.25) is 0 Å². The van der Waals surface area contributed by atoms with Crippen molar-refractivity contribution in [2.75, 3.05) is 11.4 Å². The molecule has 5 nitrogen and oxygen atoms in total. The highest BCUT2D eigenvalue weighted by Crippen LogP contribution is 2.37. The Morgan fingerprint density at radius 3 is 2.70 bits per heavy atom. The van der Waals surface area contributed by atoms with E-state index in [1.54, 1.807) is 17.9 Å². The van der Waals surface area contributed by atoms with Crippen molar-refractivity contribution in [1.29, 1.82) is 0 Å². The van der Waals surface area contributed by atoms with Crippen LogP contribution in [0.4, 0.5) is 5.69 Å². The van der Waals surface area contributed by atoms with E-state index >= 15 is 0 Å². The number of fused-ring (bicyclic) bond motifs is 1. The number of rotatable bonds is 3. The van der Waals surface area contributed by atoms with Crippen molar-refractivity contribution >= 4 is 17.5 Å². The normalized spacial score (nSPS) is 24.8. The highest BCUT2D eigenvalue weighted by Gasteiger charge is 2.50. The van der Waals surface area contributed by atoms with E-state index in [-0.39, 0.29) is 17.9 Å². The molecule has 5 heteroatoms. The number of ether oxygens (including phenoxy) is 1. The minimum Gasteiger partial charge on any atom is -0.466 e. The van der Waals surface area contributed by atoms with Crippen molar-refractivity contribution in [3.8, 4) is 5.75 Å². The van der Waals surface area contributed by atoms with Gasteiger partial charge in [0.1, 0.15) is 5.75 Å². The summed E-state index contributed by atoms with van der Waals surface area (Å²) in [6.45, 7) is 3.98. The highest BCUT2D eigenvalue weighted by molar-refractivity contribution is 6.16. The average molecular weight is 316 g/mol. The van der Waals surface area contributed by atoms with Gasteiger partial charge in [0.2, 0.25) is 0 Å². The molecule has 1 aliphatic carbocycles. The van der Waals surface area contributed by atoms with E-state index in [0.29, 0.717) is 12.3 Å². The molecule has 2 aliphatic rings. The van der Waals surface area contributed by atoms with Crippen LogP contribution in [-0.4, -0.2) is 30.0 Å². The summed E-state index contributed by atoms with van der Waals surface area (Å²) >= 11 is 0. The van der Waals surface area contributed by atoms with Crippen LogP contribution in [0.3, 0.4) is 0 Å². The van der Waals surface area contributed by atoms with Gasteiger partial charge in [-0.1, -0.05) is 31.4 Å². The smallest absolute Gasteiger partial charge is 0.280 e. The predicted octanol–water partition coefficient (Wildman–Crippen LogP) is 2.64. The summed E-state index contributed by atoms with van der Waals surface area (Å²) in [5.74, 6) is -0.0513. The largest absolute Gasteiger partial charge is 0.466 e. The molecule has 1 aromatic rings. The Bertz CT molecular complexity index is 610. The Morgan fingerprint density at radius 1 is 1.30 bits per heavy atom. The molecule has 1 unspecified atom stereocenters. The van der Waals surface area contributed by atoms with E-state index in [0.717, 1.165) is 31.4 Å². The first kappa shape index (κ1) is 15.8. The SMILES string of the molecule is CCN1C(=O)C(C)(C(=O)NC2CCCCC2)Oc2ccccc21. The van der Waals surface area contributed by atoms with Crippen molar-refractivity contribution in [1.82, 2.24) is 5.32 Å². The minimum absolute atomic E-state index is 0.150. The average Bonchev–Trinajstić information content (AvgIpc) is 2.57. The number of nitrogens with one attached hydrogen (secondary N) is 1. The third-order valence-electron chi connectivity index (χ3n) is 4.81. The molecule has 0 spiro atoms. The quantitative estimate of drug-likeness (QED) is 0.872. The van der Waals surface area contributed by atoms with Crippen molar-refractivity contribution in [2.24, 2.45) is 0 Å². The first-order valence-corrected chi connectivity index (χ1v) is 8.47. The van der Waals surface area contributed by atoms with E-state index < -0.39 is 5.60 Å². The standard InChI is InChI=1S/C18H24N2O3/c1-3-20-14-11-7-8-12-15(14)23-18(2,17(20)22)16(21)19-13-9-5-4-6-10-13/h7-8,11-13H,3-6,9-10H2,1-2H3,(H,19,21). The number of benzene rings is 1. The number of carbonyl (C=O) groups excluding carboxylic acids is 2. The van der Waals surface area contributed by atoms with E-state index in [2.05, 4.69) is 5.32 Å². The number of para-hydroxylation sites is 2. The van der Waals surface area contributed by atoms with Gasteiger partial charge in [0.25, 0.3) is 17.4 Å². The maximum absolute atomic E-state index is 12.9. The molecule has 1 saturated carbocycles. The van der Waals surface area contributed by atoms with Gasteiger partial charge in [-0.15, -0.1) is 0 Å². The molecule has 1 heterocycles. The van der Waals surface area contributed by atoms with Crippen LogP contribution in [0.1, 0.15) is 46.0 Å². The molecule has 3 rings (SSSR count). The van der Waals surface area contributed by atoms with Crippen LogP contribution in [0, 0.1) is 0 Å². The first-order valence-electron chi connectivity index (χ1n) is 8.47. The summed E-state index contributed by atoms with van der Waals surface area (Å²) in [4.78, 5) is 27.3. The van der Waals surface area contributed by atoms with Gasteiger partial charge in [-0.3, -0.25) is 9.59 Å². The van der Waals surface area contributed by atoms with Crippen LogP contribution >= 0.6 is 0 Å². The lowest BCUT2D eigenvalue weighted by Gasteiger charge is -2.40. The van der Waals surface area contributed by atoms with Gasteiger partial charge in [-0.05, 0) is 38.8 Å². The number of anilines is 1. The summed E-state index contributed by atoms with van der Waals surface area (Å²) in [5.41, 5.74) is -0.773. The van der Waals surface area contributed by atoms with Crippen LogP contribution in [-0.2, 0) is 9.59 Å². The monoisotopic (exact) mass is 316 g/mol. The van der Waals surface area contributed by atoms with Crippen molar-refractivity contribution in [3.63, 3.8) is 0 Å². The second-order valence-electron chi connectivity index (χ2n) is 6.46. The Labute approximate surface area is 137 Å². The molecule has 1 fully saturated rings. The fraction of sp³-hybridized carbons (Fsp3) is 0.556. The maximum atomic E-state index is 12.9. The van der Waals surface area contributed by atoms with Crippen LogP contribution in [0.15, 0.2) is 24.3 Å². The Morgan fingerprint density at radius 2 is 2.00 bits per heavy atom. The molecular weight excluding hydrogens is 292 g/mol. The molecule has 124 valence electrons. The lowest BCUT2D eigenvalue weighted by Crippen LogP contribution is -2.63. The van der Waals surface area contributed by atoms with E-state index in [1.165, 1.54) is 6.42 Å². The molecule has 2 amide bonds. The lowest BCUT2D eigenvalue weighted by molar-refractivity contribution is -0.149. The van der Waals surface area contributed by atoms with E-state index in [1.807, 2.05) is 25.1 Å². The highest BCUT2D eigenvalue weighted by atomic mass is 16.5. The van der Waals surface area contributed by atoms with Crippen LogP contribution in [0.5, 0.6) is 5.75 Å². The van der Waals surface area contributed by atoms with Gasteiger partial charge in [0, 0.05) is 12.6 Å². The van der Waals surface area contributed by atoms with Gasteiger partial charge in [0.15, 0.2) is 0 Å². The fourth-order valence-electron chi connectivity index (χ4n) is 3.42. The van der Waals surface area contributed by atoms with E-state index in [4.69, 9.17) is 4.74 Å². The molecule has 1 atom stereocenters. The number of hydrogen-bond acceptors (Lipinski definition) is 3. The lowest BCUT2D eigenvalue weighted by atomic mass is 9.93. The van der Waals surface area contributed by atoms with Crippen LogP contribution < -0.4 is 15.0 Å². The van der Waals surface area contributed by atoms with Gasteiger partial charge >= 0.3 is 0 Å². The summed E-state index contributed by atoms with van der Waals surface area (Å²) in [5, 5.41) is 3.02. The molecule has 0 radical (unpaired) electrons. The fourth-order valence-corrected chi connectivity index (χ4v) is 3.42. The van der Waals surface area contributed by atoms with Crippen molar-refractivity contribution in [3.05, 3.63) is 24.3 Å². The first-order chi connectivity index (χ1) is 11.1. The number of amides is 2. The summed E-state index contributed by atoms with van der Waals surface area (Å²) < 4.78 is 5.86. The second-order valence-corrected chi connectivity index (χ2v) is 6.46. The minimum atomic E-state index is -1.50. The number of nitrogens with zero attached hydrogens (tertiary/aromatic N) is 1. The van der Waals surface area contributed by atoms with Crippen molar-refractivity contribution in [2.45, 2.75) is 57.6 Å². The zero-order valence-electron chi connectivity index (χ0n) is 13.8. The van der Waals surface area contributed by atoms with Gasteiger partial charge in [-0.25, -0.2) is 0 Å². The molecule has 1 aromatic carbocycles. The van der Waals surface area contributed by atoms with Gasteiger partial charge in [0.05, 0.1) is 5.69 Å². The molecule has 0 aromatic heterocycles. The second kappa shape index (κ2) is 6.22. The summed E-state index contributed by atoms with van der Waals surface area (Å²) in [7, 11) is 0. The molecule has 0 saturated heterocycles. The number of likely N-dealkylation sites (N-methyl/N-ethyl adjacent to an activating group) is 1. The Kier molecular flexibility index (Phi) is 4.28. The topological polar surface area (TPSA) is 58.6 Å². The molecule has 1 aliphatic heterocycles. The maximum Gasteiger partial charge on any atom is 0.280 e. The zero-order valence-corrected chi connectivity index (χ0v) is 13.8. The van der Waals surface area contributed by atoms with Gasteiger partial charge in [-0.2, -0.15) is 0 Å². The molecule has 23 heavy (non-hydrogen) atoms. The summed E-state index contributed by atoms with van der Waals surface area (Å²) in [6.07, 6.45) is 5.42. The molecular formula is C18H24N2O3. The molecule has 0 bridgehead atoms. The third kappa shape index (κ3) is 2.80. The Balaban J connectivity index is 1.85. The number of carbonyl (C=O) groups is 2. The zero-order chi connectivity index (χ0) is 16.4. The van der Waals surface area contributed by atoms with E-state index in [9.17, 15) is 9.59 Å².